The number of anilines is 1. The number of hydrogen-bond acceptors (Lipinski definition) is 5. The van der Waals surface area contributed by atoms with Gasteiger partial charge in [-0.3, -0.25) is 4.79 Å². The number of benzene rings is 1. The second-order valence-electron chi connectivity index (χ2n) is 5.30. The van der Waals surface area contributed by atoms with Crippen molar-refractivity contribution in [2.75, 3.05) is 18.4 Å². The summed E-state index contributed by atoms with van der Waals surface area (Å²) in [6.45, 7) is 3.21. The Morgan fingerprint density at radius 2 is 2.04 bits per heavy atom. The molecule has 0 radical (unpaired) electrons. The molecule has 0 saturated carbocycles. The molecule has 0 fully saturated rings. The highest BCUT2D eigenvalue weighted by Gasteiger charge is 2.06. The Morgan fingerprint density at radius 3 is 2.83 bits per heavy atom. The smallest absolute Gasteiger partial charge is 0.254 e. The minimum absolute atomic E-state index is 0.0686. The van der Waals surface area contributed by atoms with E-state index in [1.807, 2.05) is 25.1 Å². The standard InChI is InChI=1S/C16H17BrN6O/c1-11-9-14(23-16(22-11)20-10-21-23)18-7-2-8-19-15(24)12-3-5-13(17)6-4-12/h3-6,9-10,18H,2,7-8H2,1H3,(H,19,24). The zero-order valence-electron chi connectivity index (χ0n) is 13.2. The fraction of sp³-hybridized carbons (Fsp3) is 0.250. The second kappa shape index (κ2) is 7.39. The molecular weight excluding hydrogens is 372 g/mol. The Morgan fingerprint density at radius 1 is 1.25 bits per heavy atom. The molecule has 3 aromatic rings. The highest BCUT2D eigenvalue weighted by molar-refractivity contribution is 9.10. The highest BCUT2D eigenvalue weighted by Crippen LogP contribution is 2.11. The first-order chi connectivity index (χ1) is 11.6. The third kappa shape index (κ3) is 3.88. The van der Waals surface area contributed by atoms with Gasteiger partial charge in [0.25, 0.3) is 11.7 Å². The van der Waals surface area contributed by atoms with Gasteiger partial charge in [0.1, 0.15) is 12.1 Å². The average Bonchev–Trinajstić information content (AvgIpc) is 3.03. The number of halogens is 1. The van der Waals surface area contributed by atoms with Crippen LogP contribution in [0.1, 0.15) is 22.5 Å². The average molecular weight is 389 g/mol. The summed E-state index contributed by atoms with van der Waals surface area (Å²) in [6.07, 6.45) is 2.27. The van der Waals surface area contributed by atoms with Gasteiger partial charge in [-0.2, -0.15) is 14.6 Å². The first-order valence-electron chi connectivity index (χ1n) is 7.58. The molecule has 2 N–H and O–H groups in total. The van der Waals surface area contributed by atoms with Gasteiger partial charge in [-0.05, 0) is 37.6 Å². The van der Waals surface area contributed by atoms with Crippen molar-refractivity contribution in [1.29, 1.82) is 0 Å². The van der Waals surface area contributed by atoms with Crippen LogP contribution in [0.4, 0.5) is 5.82 Å². The minimum atomic E-state index is -0.0686. The van der Waals surface area contributed by atoms with Crippen molar-refractivity contribution in [1.82, 2.24) is 24.9 Å². The monoisotopic (exact) mass is 388 g/mol. The van der Waals surface area contributed by atoms with Gasteiger partial charge in [-0.25, -0.2) is 4.98 Å². The quantitative estimate of drug-likeness (QED) is 0.633. The van der Waals surface area contributed by atoms with Crippen LogP contribution in [-0.2, 0) is 0 Å². The van der Waals surface area contributed by atoms with Crippen LogP contribution in [0, 0.1) is 6.92 Å². The first kappa shape index (κ1) is 16.4. The maximum atomic E-state index is 12.0. The maximum absolute atomic E-state index is 12.0. The van der Waals surface area contributed by atoms with E-state index in [4.69, 9.17) is 0 Å². The van der Waals surface area contributed by atoms with Gasteiger partial charge >= 0.3 is 0 Å². The SMILES string of the molecule is Cc1cc(NCCCNC(=O)c2ccc(Br)cc2)n2ncnc2n1. The number of hydrogen-bond donors (Lipinski definition) is 2. The summed E-state index contributed by atoms with van der Waals surface area (Å²) in [5.41, 5.74) is 1.53. The Labute approximate surface area is 147 Å². The molecule has 0 aliphatic rings. The van der Waals surface area contributed by atoms with Crippen LogP contribution < -0.4 is 10.6 Å². The van der Waals surface area contributed by atoms with Crippen molar-refractivity contribution in [3.63, 3.8) is 0 Å². The molecule has 3 rings (SSSR count). The summed E-state index contributed by atoms with van der Waals surface area (Å²) in [5, 5.41) is 10.3. The van der Waals surface area contributed by atoms with Gasteiger partial charge in [0.2, 0.25) is 0 Å². The van der Waals surface area contributed by atoms with E-state index in [0.29, 0.717) is 24.4 Å². The summed E-state index contributed by atoms with van der Waals surface area (Å²) in [5.74, 6) is 1.34. The molecule has 0 spiro atoms. The summed E-state index contributed by atoms with van der Waals surface area (Å²) in [4.78, 5) is 20.4. The molecule has 2 aromatic heterocycles. The summed E-state index contributed by atoms with van der Waals surface area (Å²) in [6, 6.07) is 9.21. The molecule has 8 heteroatoms. The number of fused-ring (bicyclic) bond motifs is 1. The van der Waals surface area contributed by atoms with Crippen LogP contribution in [0.25, 0.3) is 5.78 Å². The Balaban J connectivity index is 1.47. The van der Waals surface area contributed by atoms with Crippen molar-refractivity contribution in [2.24, 2.45) is 0 Å². The zero-order chi connectivity index (χ0) is 16.9. The molecule has 124 valence electrons. The van der Waals surface area contributed by atoms with Gasteiger partial charge < -0.3 is 10.6 Å². The van der Waals surface area contributed by atoms with E-state index >= 15 is 0 Å². The zero-order valence-corrected chi connectivity index (χ0v) is 14.7. The Hall–Kier alpha value is -2.48. The number of nitrogens with one attached hydrogen (secondary N) is 2. The van der Waals surface area contributed by atoms with E-state index in [-0.39, 0.29) is 5.91 Å². The van der Waals surface area contributed by atoms with Crippen molar-refractivity contribution >= 4 is 33.4 Å². The maximum Gasteiger partial charge on any atom is 0.254 e. The summed E-state index contributed by atoms with van der Waals surface area (Å²) >= 11 is 3.35. The van der Waals surface area contributed by atoms with E-state index in [1.54, 1.807) is 16.6 Å². The molecular formula is C16H17BrN6O. The number of nitrogens with zero attached hydrogens (tertiary/aromatic N) is 4. The van der Waals surface area contributed by atoms with Gasteiger partial charge in [0.05, 0.1) is 0 Å². The lowest BCUT2D eigenvalue weighted by molar-refractivity contribution is 0.0953. The fourth-order valence-corrected chi connectivity index (χ4v) is 2.53. The number of carbonyl (C=O) groups is 1. The molecule has 1 amide bonds. The lowest BCUT2D eigenvalue weighted by Crippen LogP contribution is -2.25. The summed E-state index contributed by atoms with van der Waals surface area (Å²) in [7, 11) is 0. The molecule has 7 nitrogen and oxygen atoms in total. The molecule has 0 aliphatic heterocycles. The van der Waals surface area contributed by atoms with E-state index in [2.05, 4.69) is 41.6 Å². The number of aromatic nitrogens is 4. The van der Waals surface area contributed by atoms with Crippen LogP contribution in [0.3, 0.4) is 0 Å². The van der Waals surface area contributed by atoms with Crippen LogP contribution >= 0.6 is 15.9 Å². The van der Waals surface area contributed by atoms with Gasteiger partial charge in [-0.1, -0.05) is 15.9 Å². The molecule has 1 aromatic carbocycles. The van der Waals surface area contributed by atoms with Crippen molar-refractivity contribution in [2.45, 2.75) is 13.3 Å². The fourth-order valence-electron chi connectivity index (χ4n) is 2.27. The van der Waals surface area contributed by atoms with E-state index in [1.165, 1.54) is 6.33 Å². The predicted molar refractivity (Wildman–Crippen MR) is 95.1 cm³/mol. The van der Waals surface area contributed by atoms with Gasteiger partial charge in [0.15, 0.2) is 0 Å². The third-order valence-electron chi connectivity index (χ3n) is 3.43. The Kier molecular flexibility index (Phi) is 5.05. The first-order valence-corrected chi connectivity index (χ1v) is 8.38. The number of carbonyl (C=O) groups excluding carboxylic acids is 1. The predicted octanol–water partition coefficient (Wildman–Crippen LogP) is 2.43. The second-order valence-corrected chi connectivity index (χ2v) is 6.21. The molecule has 0 aliphatic carbocycles. The lowest BCUT2D eigenvalue weighted by atomic mass is 10.2. The molecule has 24 heavy (non-hydrogen) atoms. The third-order valence-corrected chi connectivity index (χ3v) is 3.96. The van der Waals surface area contributed by atoms with Gasteiger partial charge in [0, 0.05) is 34.9 Å². The van der Waals surface area contributed by atoms with Crippen LogP contribution in [0.5, 0.6) is 0 Å². The van der Waals surface area contributed by atoms with E-state index in [0.717, 1.165) is 22.4 Å². The molecule has 0 saturated heterocycles. The Bertz CT molecular complexity index is 845. The van der Waals surface area contributed by atoms with Crippen LogP contribution in [-0.4, -0.2) is 38.6 Å². The van der Waals surface area contributed by atoms with Crippen molar-refractivity contribution in [3.8, 4) is 0 Å². The van der Waals surface area contributed by atoms with Crippen LogP contribution in [0.15, 0.2) is 41.1 Å². The van der Waals surface area contributed by atoms with Gasteiger partial charge in [-0.15, -0.1) is 0 Å². The topological polar surface area (TPSA) is 84.2 Å². The highest BCUT2D eigenvalue weighted by atomic mass is 79.9. The summed E-state index contributed by atoms with van der Waals surface area (Å²) < 4.78 is 2.61. The van der Waals surface area contributed by atoms with E-state index in [9.17, 15) is 4.79 Å². The molecule has 0 unspecified atom stereocenters. The lowest BCUT2D eigenvalue weighted by Gasteiger charge is -2.09. The largest absolute Gasteiger partial charge is 0.370 e. The van der Waals surface area contributed by atoms with E-state index < -0.39 is 0 Å². The molecule has 0 bridgehead atoms. The van der Waals surface area contributed by atoms with Crippen molar-refractivity contribution < 1.29 is 4.79 Å². The number of amides is 1. The van der Waals surface area contributed by atoms with Crippen molar-refractivity contribution in [3.05, 3.63) is 52.4 Å². The molecule has 2 heterocycles. The number of rotatable bonds is 6. The normalized spacial score (nSPS) is 10.8. The minimum Gasteiger partial charge on any atom is -0.370 e. The molecule has 0 atom stereocenters. The van der Waals surface area contributed by atoms with Crippen LogP contribution in [0.2, 0.25) is 0 Å². The number of aryl methyl sites for hydroxylation is 1.